The summed E-state index contributed by atoms with van der Waals surface area (Å²) in [6.07, 6.45) is 2.65. The molecule has 0 aliphatic rings. The smallest absolute Gasteiger partial charge is 0.214 e. The van der Waals surface area contributed by atoms with Gasteiger partial charge in [-0.05, 0) is 12.1 Å². The lowest BCUT2D eigenvalue weighted by atomic mass is 10.4. The summed E-state index contributed by atoms with van der Waals surface area (Å²) in [4.78, 5) is 9.93. The third kappa shape index (κ3) is 2.76. The van der Waals surface area contributed by atoms with Crippen molar-refractivity contribution < 1.29 is 4.39 Å². The Morgan fingerprint density at radius 1 is 1.44 bits per heavy atom. The van der Waals surface area contributed by atoms with E-state index in [-0.39, 0.29) is 0 Å². The van der Waals surface area contributed by atoms with E-state index in [1.165, 1.54) is 6.07 Å². The molecule has 0 saturated carbocycles. The summed E-state index contributed by atoms with van der Waals surface area (Å²) in [5.41, 5.74) is 0. The third-order valence-electron chi connectivity index (χ3n) is 2.24. The van der Waals surface area contributed by atoms with Gasteiger partial charge < -0.3 is 4.90 Å². The van der Waals surface area contributed by atoms with Crippen LogP contribution in [0.15, 0.2) is 29.8 Å². The fourth-order valence-corrected chi connectivity index (χ4v) is 1.97. The molecule has 3 nitrogen and oxygen atoms in total. The van der Waals surface area contributed by atoms with Crippen LogP contribution in [0.4, 0.5) is 10.2 Å². The average Bonchev–Trinajstić information content (AvgIpc) is 2.78. The molecule has 5 heteroatoms. The van der Waals surface area contributed by atoms with E-state index in [1.807, 2.05) is 17.3 Å². The van der Waals surface area contributed by atoms with Crippen LogP contribution in [0.2, 0.25) is 0 Å². The number of hydrogen-bond acceptors (Lipinski definition) is 4. The van der Waals surface area contributed by atoms with Crippen molar-refractivity contribution in [3.63, 3.8) is 0 Å². The summed E-state index contributed by atoms with van der Waals surface area (Å²) in [5, 5.41) is 3.04. The molecule has 0 aliphatic heterocycles. The monoisotopic (exact) mass is 237 g/mol. The Hall–Kier alpha value is -1.49. The van der Waals surface area contributed by atoms with Gasteiger partial charge >= 0.3 is 0 Å². The number of nitrogens with zero attached hydrogens (tertiary/aromatic N) is 3. The van der Waals surface area contributed by atoms with Crippen molar-refractivity contribution in [1.29, 1.82) is 0 Å². The Balaban J connectivity index is 1.95. The first-order chi connectivity index (χ1) is 7.75. The molecule has 16 heavy (non-hydrogen) atoms. The van der Waals surface area contributed by atoms with Crippen molar-refractivity contribution >= 4 is 17.2 Å². The van der Waals surface area contributed by atoms with E-state index in [0.717, 1.165) is 18.0 Å². The Morgan fingerprint density at radius 2 is 2.31 bits per heavy atom. The first-order valence-electron chi connectivity index (χ1n) is 4.98. The molecule has 0 N–H and O–H groups in total. The van der Waals surface area contributed by atoms with Crippen LogP contribution in [0.3, 0.4) is 0 Å². The van der Waals surface area contributed by atoms with Gasteiger partial charge in [0, 0.05) is 31.6 Å². The molecule has 0 bridgehead atoms. The fraction of sp³-hybridized carbons (Fsp3) is 0.273. The van der Waals surface area contributed by atoms with Gasteiger partial charge in [0.15, 0.2) is 0 Å². The first-order valence-corrected chi connectivity index (χ1v) is 5.86. The summed E-state index contributed by atoms with van der Waals surface area (Å²) in [6.45, 7) is 0.782. The highest BCUT2D eigenvalue weighted by Crippen LogP contribution is 2.11. The van der Waals surface area contributed by atoms with E-state index in [1.54, 1.807) is 29.7 Å². The van der Waals surface area contributed by atoms with Crippen molar-refractivity contribution in [2.45, 2.75) is 6.42 Å². The summed E-state index contributed by atoms with van der Waals surface area (Å²) >= 11 is 1.63. The number of halogens is 1. The number of hydrogen-bond donors (Lipinski definition) is 0. The zero-order valence-electron chi connectivity index (χ0n) is 8.93. The number of likely N-dealkylation sites (N-methyl/N-ethyl adjacent to an activating group) is 1. The van der Waals surface area contributed by atoms with Crippen LogP contribution in [0.1, 0.15) is 5.01 Å². The summed E-state index contributed by atoms with van der Waals surface area (Å²) in [7, 11) is 1.90. The Kier molecular flexibility index (Phi) is 3.46. The zero-order valence-corrected chi connectivity index (χ0v) is 9.75. The molecule has 0 aromatic carbocycles. The van der Waals surface area contributed by atoms with Crippen LogP contribution in [-0.4, -0.2) is 23.6 Å². The second kappa shape index (κ2) is 5.03. The SMILES string of the molecule is CN(CCc1nccs1)c1cccc(F)n1. The third-order valence-corrected chi connectivity index (χ3v) is 3.08. The number of rotatable bonds is 4. The predicted octanol–water partition coefficient (Wildman–Crippen LogP) is 2.36. The molecule has 0 unspecified atom stereocenters. The fourth-order valence-electron chi connectivity index (χ4n) is 1.36. The molecule has 2 aromatic rings. The van der Waals surface area contributed by atoms with Crippen LogP contribution < -0.4 is 4.90 Å². The van der Waals surface area contributed by atoms with Crippen LogP contribution >= 0.6 is 11.3 Å². The maximum atomic E-state index is 12.9. The Labute approximate surface area is 97.6 Å². The van der Waals surface area contributed by atoms with E-state index >= 15 is 0 Å². The Bertz CT molecular complexity index is 444. The van der Waals surface area contributed by atoms with Gasteiger partial charge in [0.2, 0.25) is 5.95 Å². The molecule has 0 amide bonds. The highest BCUT2D eigenvalue weighted by Gasteiger charge is 2.04. The molecule has 0 fully saturated rings. The van der Waals surface area contributed by atoms with Gasteiger partial charge in [-0.25, -0.2) is 9.97 Å². The average molecular weight is 237 g/mol. The van der Waals surface area contributed by atoms with Crippen LogP contribution in [0.25, 0.3) is 0 Å². The van der Waals surface area contributed by atoms with Crippen molar-refractivity contribution in [3.05, 3.63) is 40.7 Å². The van der Waals surface area contributed by atoms with E-state index < -0.39 is 5.95 Å². The van der Waals surface area contributed by atoms with E-state index in [0.29, 0.717) is 5.82 Å². The number of thiazole rings is 1. The first kappa shape index (κ1) is 11.0. The topological polar surface area (TPSA) is 29.0 Å². The lowest BCUT2D eigenvalue weighted by Crippen LogP contribution is -2.21. The second-order valence-electron chi connectivity index (χ2n) is 3.42. The summed E-state index contributed by atoms with van der Waals surface area (Å²) in [5.74, 6) is 0.204. The molecule has 2 heterocycles. The largest absolute Gasteiger partial charge is 0.359 e. The molecular weight excluding hydrogens is 225 g/mol. The number of anilines is 1. The van der Waals surface area contributed by atoms with Gasteiger partial charge in [0.25, 0.3) is 0 Å². The van der Waals surface area contributed by atoms with Gasteiger partial charge in [-0.2, -0.15) is 4.39 Å². The lowest BCUT2D eigenvalue weighted by molar-refractivity contribution is 0.582. The van der Waals surface area contributed by atoms with Crippen molar-refractivity contribution in [1.82, 2.24) is 9.97 Å². The quantitative estimate of drug-likeness (QED) is 0.764. The van der Waals surface area contributed by atoms with Gasteiger partial charge in [-0.1, -0.05) is 6.07 Å². The second-order valence-corrected chi connectivity index (χ2v) is 4.40. The lowest BCUT2D eigenvalue weighted by Gasteiger charge is -2.16. The summed E-state index contributed by atoms with van der Waals surface area (Å²) in [6, 6.07) is 4.81. The Morgan fingerprint density at radius 3 is 3.00 bits per heavy atom. The van der Waals surface area contributed by atoms with Crippen LogP contribution in [0.5, 0.6) is 0 Å². The van der Waals surface area contributed by atoms with Gasteiger partial charge in [-0.3, -0.25) is 0 Å². The predicted molar refractivity (Wildman–Crippen MR) is 63.3 cm³/mol. The van der Waals surface area contributed by atoms with E-state index in [2.05, 4.69) is 9.97 Å². The van der Waals surface area contributed by atoms with Crippen molar-refractivity contribution in [2.75, 3.05) is 18.5 Å². The molecule has 2 aromatic heterocycles. The standard InChI is InChI=1S/C11H12FN3S/c1-15(7-5-11-13-6-8-16-11)10-4-2-3-9(12)14-10/h2-4,6,8H,5,7H2,1H3. The molecule has 0 atom stereocenters. The van der Waals surface area contributed by atoms with Crippen LogP contribution in [0, 0.1) is 5.95 Å². The van der Waals surface area contributed by atoms with Crippen molar-refractivity contribution in [2.24, 2.45) is 0 Å². The molecule has 0 saturated heterocycles. The molecular formula is C11H12FN3S. The zero-order chi connectivity index (χ0) is 11.4. The highest BCUT2D eigenvalue weighted by atomic mass is 32.1. The minimum Gasteiger partial charge on any atom is -0.359 e. The molecule has 84 valence electrons. The summed E-state index contributed by atoms with van der Waals surface area (Å²) < 4.78 is 12.9. The molecule has 2 rings (SSSR count). The van der Waals surface area contributed by atoms with Gasteiger partial charge in [0.1, 0.15) is 5.82 Å². The molecule has 0 radical (unpaired) electrons. The van der Waals surface area contributed by atoms with Crippen molar-refractivity contribution in [3.8, 4) is 0 Å². The number of aromatic nitrogens is 2. The molecule has 0 aliphatic carbocycles. The normalized spacial score (nSPS) is 10.4. The minimum absolute atomic E-state index is 0.446. The highest BCUT2D eigenvalue weighted by molar-refractivity contribution is 7.09. The van der Waals surface area contributed by atoms with Crippen LogP contribution in [-0.2, 0) is 6.42 Å². The maximum absolute atomic E-state index is 12.9. The maximum Gasteiger partial charge on any atom is 0.214 e. The van der Waals surface area contributed by atoms with E-state index in [4.69, 9.17) is 0 Å². The van der Waals surface area contributed by atoms with E-state index in [9.17, 15) is 4.39 Å². The number of pyridine rings is 1. The van der Waals surface area contributed by atoms with Gasteiger partial charge in [0.05, 0.1) is 5.01 Å². The minimum atomic E-state index is -0.446. The molecule has 0 spiro atoms. The van der Waals surface area contributed by atoms with Gasteiger partial charge in [-0.15, -0.1) is 11.3 Å².